The Balaban J connectivity index is 2.30. The highest BCUT2D eigenvalue weighted by Gasteiger charge is 2.16. The van der Waals surface area contributed by atoms with Gasteiger partial charge < -0.3 is 5.11 Å². The predicted molar refractivity (Wildman–Crippen MR) is 70.0 cm³/mol. The van der Waals surface area contributed by atoms with Gasteiger partial charge in [0.1, 0.15) is 0 Å². The lowest BCUT2D eigenvalue weighted by Crippen LogP contribution is -2.13. The summed E-state index contributed by atoms with van der Waals surface area (Å²) in [6.45, 7) is 1.60. The zero-order valence-corrected chi connectivity index (χ0v) is 11.3. The fraction of sp³-hybridized carbons (Fsp3) is 0.182. The Morgan fingerprint density at radius 3 is 2.83 bits per heavy atom. The average molecular weight is 284 g/mol. The van der Waals surface area contributed by atoms with Crippen molar-refractivity contribution in [1.29, 1.82) is 0 Å². The summed E-state index contributed by atoms with van der Waals surface area (Å²) in [5, 5.41) is 11.1. The van der Waals surface area contributed by atoms with Gasteiger partial charge in [-0.15, -0.1) is 11.3 Å². The molecule has 0 fully saturated rings. The van der Waals surface area contributed by atoms with E-state index in [0.29, 0.717) is 10.7 Å². The Morgan fingerprint density at radius 1 is 1.44 bits per heavy atom. The van der Waals surface area contributed by atoms with E-state index in [9.17, 15) is 8.42 Å². The van der Waals surface area contributed by atoms with Crippen molar-refractivity contribution in [1.82, 2.24) is 4.98 Å². The van der Waals surface area contributed by atoms with Crippen LogP contribution in [0.1, 0.15) is 11.3 Å². The number of hydrogen-bond donors (Lipinski definition) is 2. The van der Waals surface area contributed by atoms with Crippen molar-refractivity contribution in [3.63, 3.8) is 0 Å². The van der Waals surface area contributed by atoms with Gasteiger partial charge in [0.05, 0.1) is 17.2 Å². The van der Waals surface area contributed by atoms with Crippen LogP contribution in [0.4, 0.5) is 5.13 Å². The summed E-state index contributed by atoms with van der Waals surface area (Å²) in [6.07, 6.45) is 0. The van der Waals surface area contributed by atoms with Crippen LogP contribution in [0, 0.1) is 6.92 Å². The monoisotopic (exact) mass is 284 g/mol. The standard InChI is InChI=1S/C11H12N2O3S2/c1-8-7-17-11(12-8)13-18(15,16)10-4-2-3-9(5-10)6-14/h2-5,7,14H,6H2,1H3,(H,12,13). The van der Waals surface area contributed by atoms with E-state index in [4.69, 9.17) is 5.11 Å². The summed E-state index contributed by atoms with van der Waals surface area (Å²) in [6, 6.07) is 6.16. The number of anilines is 1. The average Bonchev–Trinajstić information content (AvgIpc) is 2.74. The fourth-order valence-electron chi connectivity index (χ4n) is 1.39. The molecule has 0 saturated carbocycles. The van der Waals surface area contributed by atoms with Gasteiger partial charge in [0, 0.05) is 5.38 Å². The van der Waals surface area contributed by atoms with Crippen molar-refractivity contribution in [2.24, 2.45) is 0 Å². The molecule has 0 saturated heterocycles. The first kappa shape index (κ1) is 13.0. The lowest BCUT2D eigenvalue weighted by molar-refractivity contribution is 0.281. The Labute approximate surface area is 109 Å². The van der Waals surface area contributed by atoms with E-state index in [1.807, 2.05) is 0 Å². The number of aryl methyl sites for hydroxylation is 1. The molecule has 96 valence electrons. The zero-order valence-electron chi connectivity index (χ0n) is 9.62. The molecule has 2 N–H and O–H groups in total. The van der Waals surface area contributed by atoms with Gasteiger partial charge in [0.25, 0.3) is 10.0 Å². The molecule has 5 nitrogen and oxygen atoms in total. The molecular formula is C11H12N2O3S2. The van der Waals surface area contributed by atoms with Crippen LogP contribution < -0.4 is 4.72 Å². The van der Waals surface area contributed by atoms with Crippen LogP contribution in [0.25, 0.3) is 0 Å². The summed E-state index contributed by atoms with van der Waals surface area (Å²) in [4.78, 5) is 4.16. The fourth-order valence-corrected chi connectivity index (χ4v) is 3.40. The predicted octanol–water partition coefficient (Wildman–Crippen LogP) is 1.74. The lowest BCUT2D eigenvalue weighted by atomic mass is 10.2. The Hall–Kier alpha value is -1.44. The topological polar surface area (TPSA) is 79.3 Å². The van der Waals surface area contributed by atoms with Gasteiger partial charge in [0.15, 0.2) is 5.13 Å². The van der Waals surface area contributed by atoms with Gasteiger partial charge >= 0.3 is 0 Å². The van der Waals surface area contributed by atoms with E-state index in [1.165, 1.54) is 23.5 Å². The molecule has 0 aliphatic heterocycles. The largest absolute Gasteiger partial charge is 0.392 e. The second-order valence-electron chi connectivity index (χ2n) is 3.71. The first-order chi connectivity index (χ1) is 8.51. The molecule has 0 bridgehead atoms. The normalized spacial score (nSPS) is 11.4. The van der Waals surface area contributed by atoms with E-state index in [-0.39, 0.29) is 11.5 Å². The van der Waals surface area contributed by atoms with Crippen LogP contribution in [0.3, 0.4) is 0 Å². The molecule has 7 heteroatoms. The molecule has 0 aliphatic carbocycles. The Kier molecular flexibility index (Phi) is 3.65. The SMILES string of the molecule is Cc1csc(NS(=O)(=O)c2cccc(CO)c2)n1. The molecule has 1 aromatic heterocycles. The van der Waals surface area contributed by atoms with Gasteiger partial charge in [0.2, 0.25) is 0 Å². The van der Waals surface area contributed by atoms with Gasteiger partial charge in [-0.1, -0.05) is 12.1 Å². The van der Waals surface area contributed by atoms with Gasteiger partial charge in [-0.05, 0) is 24.6 Å². The van der Waals surface area contributed by atoms with Crippen LogP contribution in [0.5, 0.6) is 0 Å². The summed E-state index contributed by atoms with van der Waals surface area (Å²) < 4.78 is 26.5. The van der Waals surface area contributed by atoms with E-state index in [2.05, 4.69) is 9.71 Å². The number of hydrogen-bond acceptors (Lipinski definition) is 5. The van der Waals surface area contributed by atoms with E-state index in [1.54, 1.807) is 24.4 Å². The van der Waals surface area contributed by atoms with E-state index >= 15 is 0 Å². The first-order valence-electron chi connectivity index (χ1n) is 5.16. The van der Waals surface area contributed by atoms with Gasteiger partial charge in [-0.2, -0.15) is 0 Å². The van der Waals surface area contributed by atoms with E-state index in [0.717, 1.165) is 5.69 Å². The van der Waals surface area contributed by atoms with Crippen molar-refractivity contribution >= 4 is 26.5 Å². The number of benzene rings is 1. The Morgan fingerprint density at radius 2 is 2.22 bits per heavy atom. The number of nitrogens with zero attached hydrogens (tertiary/aromatic N) is 1. The summed E-state index contributed by atoms with van der Waals surface area (Å²) in [5.41, 5.74) is 1.31. The minimum atomic E-state index is -3.65. The molecule has 0 amide bonds. The molecular weight excluding hydrogens is 272 g/mol. The number of sulfonamides is 1. The quantitative estimate of drug-likeness (QED) is 0.896. The molecule has 0 spiro atoms. The van der Waals surface area contributed by atoms with Crippen molar-refractivity contribution in [3.8, 4) is 0 Å². The third-order valence-electron chi connectivity index (χ3n) is 2.23. The highest BCUT2D eigenvalue weighted by atomic mass is 32.2. The molecule has 0 aliphatic rings. The second-order valence-corrected chi connectivity index (χ2v) is 6.25. The number of aliphatic hydroxyl groups is 1. The Bertz CT molecular complexity index is 650. The molecule has 18 heavy (non-hydrogen) atoms. The van der Waals surface area contributed by atoms with Crippen LogP contribution in [-0.4, -0.2) is 18.5 Å². The highest BCUT2D eigenvalue weighted by molar-refractivity contribution is 7.93. The highest BCUT2D eigenvalue weighted by Crippen LogP contribution is 2.20. The second kappa shape index (κ2) is 5.05. The smallest absolute Gasteiger partial charge is 0.263 e. The molecule has 0 radical (unpaired) electrons. The molecule has 2 rings (SSSR count). The van der Waals surface area contributed by atoms with Crippen molar-refractivity contribution < 1.29 is 13.5 Å². The third-order valence-corrected chi connectivity index (χ3v) is 4.57. The number of rotatable bonds is 4. The van der Waals surface area contributed by atoms with Crippen molar-refractivity contribution in [3.05, 3.63) is 40.9 Å². The molecule has 1 heterocycles. The summed E-state index contributed by atoms with van der Waals surface area (Å²) in [7, 11) is -3.65. The van der Waals surface area contributed by atoms with Crippen molar-refractivity contribution in [2.45, 2.75) is 18.4 Å². The minimum absolute atomic E-state index is 0.113. The van der Waals surface area contributed by atoms with Crippen LogP contribution in [0.2, 0.25) is 0 Å². The lowest BCUT2D eigenvalue weighted by Gasteiger charge is -2.06. The first-order valence-corrected chi connectivity index (χ1v) is 7.52. The maximum atomic E-state index is 12.1. The number of aliphatic hydroxyl groups excluding tert-OH is 1. The molecule has 0 unspecified atom stereocenters. The molecule has 1 aromatic carbocycles. The van der Waals surface area contributed by atoms with E-state index < -0.39 is 10.0 Å². The van der Waals surface area contributed by atoms with Gasteiger partial charge in [-0.3, -0.25) is 4.72 Å². The minimum Gasteiger partial charge on any atom is -0.392 e. The number of nitrogens with one attached hydrogen (secondary N) is 1. The van der Waals surface area contributed by atoms with Crippen LogP contribution >= 0.6 is 11.3 Å². The van der Waals surface area contributed by atoms with Crippen molar-refractivity contribution in [2.75, 3.05) is 4.72 Å². The summed E-state index contributed by atoms with van der Waals surface area (Å²) >= 11 is 1.23. The zero-order chi connectivity index (χ0) is 13.2. The van der Waals surface area contributed by atoms with Crippen LogP contribution in [0.15, 0.2) is 34.5 Å². The number of thiazole rings is 1. The number of aromatic nitrogens is 1. The maximum Gasteiger partial charge on any atom is 0.263 e. The molecule has 2 aromatic rings. The summed E-state index contributed by atoms with van der Waals surface area (Å²) in [5.74, 6) is 0. The van der Waals surface area contributed by atoms with Gasteiger partial charge in [-0.25, -0.2) is 13.4 Å². The maximum absolute atomic E-state index is 12.1. The molecule has 0 atom stereocenters. The van der Waals surface area contributed by atoms with Crippen LogP contribution in [-0.2, 0) is 16.6 Å². The third kappa shape index (κ3) is 2.87.